The fourth-order valence-electron chi connectivity index (χ4n) is 9.53. The maximum absolute atomic E-state index is 6.90. The quantitative estimate of drug-likeness (QED) is 0.168. The Morgan fingerprint density at radius 3 is 1.58 bits per heavy atom. The molecule has 13 rings (SSSR count). The molecule has 0 aliphatic heterocycles. The second-order valence-corrected chi connectivity index (χ2v) is 16.0. The van der Waals surface area contributed by atoms with Gasteiger partial charge in [-0.1, -0.05) is 152 Å². The molecule has 0 unspecified atom stereocenters. The van der Waals surface area contributed by atoms with Gasteiger partial charge in [-0.2, -0.15) is 0 Å². The largest absolute Gasteiger partial charge is 0.456 e. The summed E-state index contributed by atoms with van der Waals surface area (Å²) in [6.07, 6.45) is 0. The molecule has 3 aromatic heterocycles. The standard InChI is InChI=1S/C58H35NO3/c1-2-12-42-37(11-1)27-34-51-50-19-10-17-48(58(50)62-57(42)51)44-13-3-6-20-52(44)59(40-29-23-36(24-30-40)39-28-33-47-45-14-4-7-21-53(45)60-55(47)35-39)41-31-25-38(26-32-41)43-16-9-18-49-46-15-5-8-22-54(46)61-56(43)49/h1-35H. The van der Waals surface area contributed by atoms with Crippen molar-refractivity contribution in [3.63, 3.8) is 0 Å². The van der Waals surface area contributed by atoms with Crippen LogP contribution in [0.15, 0.2) is 226 Å². The first-order chi connectivity index (χ1) is 30.7. The van der Waals surface area contributed by atoms with Gasteiger partial charge in [-0.15, -0.1) is 0 Å². The zero-order valence-electron chi connectivity index (χ0n) is 33.4. The Morgan fingerprint density at radius 2 is 0.790 bits per heavy atom. The summed E-state index contributed by atoms with van der Waals surface area (Å²) in [5, 5.41) is 8.97. The van der Waals surface area contributed by atoms with Crippen molar-refractivity contribution < 1.29 is 13.3 Å². The molecular weight excluding hydrogens is 759 g/mol. The molecule has 4 nitrogen and oxygen atoms in total. The van der Waals surface area contributed by atoms with Crippen molar-refractivity contribution >= 4 is 93.7 Å². The van der Waals surface area contributed by atoms with Crippen LogP contribution in [0.2, 0.25) is 0 Å². The van der Waals surface area contributed by atoms with Crippen molar-refractivity contribution in [2.24, 2.45) is 0 Å². The topological polar surface area (TPSA) is 42.7 Å². The van der Waals surface area contributed by atoms with Gasteiger partial charge < -0.3 is 18.2 Å². The molecule has 0 saturated carbocycles. The molecule has 0 N–H and O–H groups in total. The molecule has 0 fully saturated rings. The van der Waals surface area contributed by atoms with Gasteiger partial charge in [0.2, 0.25) is 0 Å². The highest BCUT2D eigenvalue weighted by Crippen LogP contribution is 2.46. The van der Waals surface area contributed by atoms with E-state index in [9.17, 15) is 0 Å². The molecule has 0 amide bonds. The van der Waals surface area contributed by atoms with Crippen LogP contribution in [0.5, 0.6) is 0 Å². The average Bonchev–Trinajstić information content (AvgIpc) is 4.04. The van der Waals surface area contributed by atoms with Crippen molar-refractivity contribution in [1.29, 1.82) is 0 Å². The number of hydrogen-bond acceptors (Lipinski definition) is 4. The number of para-hydroxylation sites is 5. The van der Waals surface area contributed by atoms with E-state index in [1.54, 1.807) is 0 Å². The monoisotopic (exact) mass is 793 g/mol. The summed E-state index contributed by atoms with van der Waals surface area (Å²) in [5.41, 5.74) is 14.9. The highest BCUT2D eigenvalue weighted by molar-refractivity contribution is 6.18. The molecule has 0 aliphatic rings. The van der Waals surface area contributed by atoms with Gasteiger partial charge in [-0.3, -0.25) is 0 Å². The fourth-order valence-corrected chi connectivity index (χ4v) is 9.53. The van der Waals surface area contributed by atoms with Crippen molar-refractivity contribution in [3.8, 4) is 33.4 Å². The third-order valence-electron chi connectivity index (χ3n) is 12.5. The summed E-state index contributed by atoms with van der Waals surface area (Å²) in [5.74, 6) is 0. The zero-order valence-corrected chi connectivity index (χ0v) is 33.4. The Labute approximate surface area is 356 Å². The van der Waals surface area contributed by atoms with Crippen LogP contribution in [-0.4, -0.2) is 0 Å². The van der Waals surface area contributed by atoms with Gasteiger partial charge in [0.15, 0.2) is 0 Å². The molecule has 290 valence electrons. The Balaban J connectivity index is 0.965. The van der Waals surface area contributed by atoms with Gasteiger partial charge in [0.25, 0.3) is 0 Å². The smallest absolute Gasteiger partial charge is 0.143 e. The van der Waals surface area contributed by atoms with Crippen molar-refractivity contribution in [3.05, 3.63) is 212 Å². The van der Waals surface area contributed by atoms with E-state index in [2.05, 4.69) is 193 Å². The molecule has 4 heteroatoms. The SMILES string of the molecule is c1ccc(N(c2ccc(-c3ccc4c(c3)oc3ccccc34)cc2)c2ccc(-c3cccc4c3oc3ccccc34)cc2)c(-c2cccc3c2oc2c4ccccc4ccc32)c1. The Morgan fingerprint density at radius 1 is 0.274 bits per heavy atom. The van der Waals surface area contributed by atoms with E-state index in [-0.39, 0.29) is 0 Å². The van der Waals surface area contributed by atoms with E-state index < -0.39 is 0 Å². The second-order valence-electron chi connectivity index (χ2n) is 16.0. The van der Waals surface area contributed by atoms with Crippen molar-refractivity contribution in [2.45, 2.75) is 0 Å². The molecule has 0 atom stereocenters. The first-order valence-electron chi connectivity index (χ1n) is 21.0. The number of anilines is 3. The Bertz CT molecular complexity index is 3870. The number of hydrogen-bond donors (Lipinski definition) is 0. The zero-order chi connectivity index (χ0) is 40.7. The average molecular weight is 794 g/mol. The molecule has 13 aromatic rings. The molecular formula is C58H35NO3. The predicted octanol–water partition coefficient (Wildman–Crippen LogP) is 17.0. The Hall–Kier alpha value is -8.34. The lowest BCUT2D eigenvalue weighted by atomic mass is 9.98. The lowest BCUT2D eigenvalue weighted by Crippen LogP contribution is -2.11. The third kappa shape index (κ3) is 5.33. The predicted molar refractivity (Wildman–Crippen MR) is 257 cm³/mol. The van der Waals surface area contributed by atoms with E-state index in [0.717, 1.165) is 127 Å². The summed E-state index contributed by atoms with van der Waals surface area (Å²) in [4.78, 5) is 2.35. The molecule has 0 spiro atoms. The summed E-state index contributed by atoms with van der Waals surface area (Å²) < 4.78 is 19.6. The van der Waals surface area contributed by atoms with Crippen LogP contribution >= 0.6 is 0 Å². The molecule has 3 heterocycles. The maximum Gasteiger partial charge on any atom is 0.143 e. The van der Waals surface area contributed by atoms with Crippen LogP contribution in [0.25, 0.3) is 110 Å². The van der Waals surface area contributed by atoms with Gasteiger partial charge in [0, 0.05) is 65.8 Å². The van der Waals surface area contributed by atoms with Crippen LogP contribution < -0.4 is 4.90 Å². The minimum absolute atomic E-state index is 0.872. The maximum atomic E-state index is 6.90. The number of nitrogens with zero attached hydrogens (tertiary/aromatic N) is 1. The molecule has 10 aromatic carbocycles. The first-order valence-corrected chi connectivity index (χ1v) is 21.0. The van der Waals surface area contributed by atoms with Gasteiger partial charge >= 0.3 is 0 Å². The van der Waals surface area contributed by atoms with E-state index in [1.165, 1.54) is 0 Å². The molecule has 0 radical (unpaired) electrons. The number of furan rings is 3. The number of fused-ring (bicyclic) bond motifs is 11. The third-order valence-corrected chi connectivity index (χ3v) is 12.5. The van der Waals surface area contributed by atoms with Crippen molar-refractivity contribution in [2.75, 3.05) is 4.90 Å². The van der Waals surface area contributed by atoms with Crippen LogP contribution in [0.1, 0.15) is 0 Å². The normalized spacial score (nSPS) is 11.9. The van der Waals surface area contributed by atoms with Gasteiger partial charge in [0.05, 0.1) is 5.69 Å². The van der Waals surface area contributed by atoms with E-state index in [1.807, 2.05) is 24.3 Å². The van der Waals surface area contributed by atoms with Gasteiger partial charge in [-0.25, -0.2) is 0 Å². The summed E-state index contributed by atoms with van der Waals surface area (Å²) in [6, 6.07) is 75.0. The van der Waals surface area contributed by atoms with Gasteiger partial charge in [0.1, 0.15) is 33.5 Å². The number of benzene rings is 10. The van der Waals surface area contributed by atoms with E-state index >= 15 is 0 Å². The van der Waals surface area contributed by atoms with Gasteiger partial charge in [-0.05, 0) is 82.7 Å². The van der Waals surface area contributed by atoms with E-state index in [0.29, 0.717) is 0 Å². The minimum atomic E-state index is 0.872. The highest BCUT2D eigenvalue weighted by Gasteiger charge is 2.22. The fraction of sp³-hybridized carbons (Fsp3) is 0. The Kier molecular flexibility index (Phi) is 7.57. The molecule has 0 saturated heterocycles. The minimum Gasteiger partial charge on any atom is -0.456 e. The second kappa shape index (κ2) is 13.6. The van der Waals surface area contributed by atoms with Crippen LogP contribution in [-0.2, 0) is 0 Å². The number of rotatable bonds is 6. The highest BCUT2D eigenvalue weighted by atomic mass is 16.3. The molecule has 0 aliphatic carbocycles. The molecule has 0 bridgehead atoms. The lowest BCUT2D eigenvalue weighted by Gasteiger charge is -2.28. The van der Waals surface area contributed by atoms with Crippen LogP contribution in [0.4, 0.5) is 17.1 Å². The van der Waals surface area contributed by atoms with Crippen LogP contribution in [0.3, 0.4) is 0 Å². The van der Waals surface area contributed by atoms with Crippen LogP contribution in [0, 0.1) is 0 Å². The molecule has 62 heavy (non-hydrogen) atoms. The lowest BCUT2D eigenvalue weighted by molar-refractivity contribution is 0.669. The van der Waals surface area contributed by atoms with Crippen molar-refractivity contribution in [1.82, 2.24) is 0 Å². The first kappa shape index (κ1) is 34.5. The summed E-state index contributed by atoms with van der Waals surface area (Å²) in [6.45, 7) is 0. The summed E-state index contributed by atoms with van der Waals surface area (Å²) in [7, 11) is 0. The van der Waals surface area contributed by atoms with E-state index in [4.69, 9.17) is 13.3 Å². The summed E-state index contributed by atoms with van der Waals surface area (Å²) >= 11 is 0.